The maximum atomic E-state index is 12.6. The van der Waals surface area contributed by atoms with Crippen molar-refractivity contribution in [2.24, 2.45) is 0 Å². The molecule has 0 aromatic heterocycles. The summed E-state index contributed by atoms with van der Waals surface area (Å²) in [6, 6.07) is 30.5. The van der Waals surface area contributed by atoms with Crippen molar-refractivity contribution in [3.8, 4) is 0 Å². The summed E-state index contributed by atoms with van der Waals surface area (Å²) in [6.07, 6.45) is 0. The molecule has 0 heterocycles. The molecule has 0 saturated heterocycles. The number of carbonyl (C=O) groups excluding carboxylic acids is 1. The summed E-state index contributed by atoms with van der Waals surface area (Å²) in [5.41, 5.74) is 0.808. The summed E-state index contributed by atoms with van der Waals surface area (Å²) in [4.78, 5) is 12.6. The van der Waals surface area contributed by atoms with Crippen LogP contribution in [0, 0.1) is 0 Å². The van der Waals surface area contributed by atoms with E-state index in [0.29, 0.717) is 5.32 Å². The molecule has 3 aromatic rings. The third kappa shape index (κ3) is 7.81. The van der Waals surface area contributed by atoms with Gasteiger partial charge < -0.3 is 17.3 Å². The zero-order valence-electron chi connectivity index (χ0n) is 14.3. The molecule has 3 aromatic carbocycles. The number of benzene rings is 3. The van der Waals surface area contributed by atoms with Gasteiger partial charge in [-0.2, -0.15) is 0 Å². The first kappa shape index (κ1) is 20.9. The van der Waals surface area contributed by atoms with Crippen molar-refractivity contribution in [3.05, 3.63) is 96.6 Å². The average molecular weight is 439 g/mol. The molecule has 0 aliphatic carbocycles. The van der Waals surface area contributed by atoms with Crippen molar-refractivity contribution >= 4 is 35.9 Å². The van der Waals surface area contributed by atoms with Crippen LogP contribution in [0.25, 0.3) is 0 Å². The number of Topliss-reactive ketones (excluding diaryl/α,β-unsaturated/α-hetero) is 1. The second kappa shape index (κ2) is 10.1. The average Bonchev–Trinajstić information content (AvgIpc) is 2.67. The third-order valence-corrected chi connectivity index (χ3v) is 8.11. The Morgan fingerprint density at radius 1 is 0.667 bits per heavy atom. The Kier molecular flexibility index (Phi) is 7.83. The Labute approximate surface area is 160 Å². The molecule has 7 heteroatoms. The minimum atomic E-state index is -6.00. The fourth-order valence-corrected chi connectivity index (χ4v) is 6.52. The van der Waals surface area contributed by atoms with E-state index in [0.717, 1.165) is 5.56 Å². The molecule has 0 aliphatic heterocycles. The minimum absolute atomic E-state index is 0.235. The van der Waals surface area contributed by atoms with E-state index in [1.54, 1.807) is 0 Å². The predicted molar refractivity (Wildman–Crippen MR) is 104 cm³/mol. The molecule has 140 valence electrons. The Morgan fingerprint density at radius 3 is 1.37 bits per heavy atom. The zero-order chi connectivity index (χ0) is 19.7. The number of carbonyl (C=O) groups is 1. The number of rotatable bonds is 5. The molecule has 1 nitrogen and oxygen atoms in total. The van der Waals surface area contributed by atoms with Crippen molar-refractivity contribution in [1.82, 2.24) is 0 Å². The summed E-state index contributed by atoms with van der Waals surface area (Å²) < 4.78 is 41.6. The Hall–Kier alpha value is -2.37. The van der Waals surface area contributed by atoms with Crippen LogP contribution in [0.1, 0.15) is 10.4 Å². The molecular formula is C20H17BF4OSe. The molecular weight excluding hydrogens is 422 g/mol. The second-order valence-electron chi connectivity index (χ2n) is 5.45. The fraction of sp³-hybridized carbons (Fsp3) is 0.0500. The summed E-state index contributed by atoms with van der Waals surface area (Å²) >= 11 is -1.37. The van der Waals surface area contributed by atoms with E-state index in [1.807, 2.05) is 42.5 Å². The fourth-order valence-electron chi connectivity index (χ4n) is 2.31. The molecule has 0 fully saturated rings. The van der Waals surface area contributed by atoms with Crippen molar-refractivity contribution in [3.63, 3.8) is 0 Å². The quantitative estimate of drug-likeness (QED) is 0.326. The third-order valence-electron chi connectivity index (χ3n) is 3.43. The van der Waals surface area contributed by atoms with Crippen LogP contribution in [0.4, 0.5) is 17.3 Å². The van der Waals surface area contributed by atoms with Gasteiger partial charge in [-0.3, -0.25) is 0 Å². The second-order valence-corrected chi connectivity index (χ2v) is 9.67. The van der Waals surface area contributed by atoms with Crippen molar-refractivity contribution in [2.45, 2.75) is 5.32 Å². The van der Waals surface area contributed by atoms with E-state index >= 15 is 0 Å². The molecule has 0 unspecified atom stereocenters. The summed E-state index contributed by atoms with van der Waals surface area (Å²) in [6.45, 7) is 0. The molecule has 0 spiro atoms. The standard InChI is InChI=1S/C20H17OSe.BF4/c21-20(17-10-4-1-5-11-17)16-22(18-12-6-2-7-13-18)19-14-8-3-9-15-19;2-1(3,4)5/h1-15H,16H2;/q+1;-1. The Balaban J connectivity index is 0.000000465. The first-order valence-electron chi connectivity index (χ1n) is 8.11. The van der Waals surface area contributed by atoms with Gasteiger partial charge in [0.1, 0.15) is 0 Å². The summed E-state index contributed by atoms with van der Waals surface area (Å²) in [5.74, 6) is 0.235. The van der Waals surface area contributed by atoms with Crippen LogP contribution in [-0.2, 0) is 0 Å². The van der Waals surface area contributed by atoms with E-state index in [1.165, 1.54) is 8.92 Å². The van der Waals surface area contributed by atoms with Crippen molar-refractivity contribution in [2.75, 3.05) is 0 Å². The van der Waals surface area contributed by atoms with E-state index < -0.39 is 21.2 Å². The van der Waals surface area contributed by atoms with Crippen LogP contribution >= 0.6 is 0 Å². The first-order valence-corrected chi connectivity index (χ1v) is 11.0. The van der Waals surface area contributed by atoms with E-state index in [-0.39, 0.29) is 5.78 Å². The Bertz CT molecular complexity index is 781. The molecule has 0 bridgehead atoms. The normalized spacial score (nSPS) is 10.9. The van der Waals surface area contributed by atoms with Gasteiger partial charge in [-0.05, 0) is 0 Å². The molecule has 0 N–H and O–H groups in total. The molecule has 0 aliphatic rings. The number of hydrogen-bond donors (Lipinski definition) is 0. The van der Waals surface area contributed by atoms with Crippen LogP contribution in [0.15, 0.2) is 91.0 Å². The molecule has 0 saturated carbocycles. The molecule has 3 rings (SSSR count). The van der Waals surface area contributed by atoms with Crippen LogP contribution in [0.3, 0.4) is 0 Å². The predicted octanol–water partition coefficient (Wildman–Crippen LogP) is 4.48. The van der Waals surface area contributed by atoms with Crippen LogP contribution in [-0.4, -0.2) is 26.9 Å². The number of ketones is 1. The van der Waals surface area contributed by atoms with E-state index in [2.05, 4.69) is 48.5 Å². The summed E-state index contributed by atoms with van der Waals surface area (Å²) in [5, 5.41) is 0.609. The van der Waals surface area contributed by atoms with Gasteiger partial charge in [0.15, 0.2) is 0 Å². The van der Waals surface area contributed by atoms with Gasteiger partial charge in [-0.25, -0.2) is 0 Å². The van der Waals surface area contributed by atoms with Crippen LogP contribution in [0.5, 0.6) is 0 Å². The number of hydrogen-bond acceptors (Lipinski definition) is 1. The van der Waals surface area contributed by atoms with Gasteiger partial charge >= 0.3 is 143 Å². The molecule has 0 radical (unpaired) electrons. The van der Waals surface area contributed by atoms with Gasteiger partial charge in [0, 0.05) is 0 Å². The molecule has 0 atom stereocenters. The van der Waals surface area contributed by atoms with E-state index in [4.69, 9.17) is 0 Å². The van der Waals surface area contributed by atoms with Crippen LogP contribution < -0.4 is 8.92 Å². The number of halogens is 4. The zero-order valence-corrected chi connectivity index (χ0v) is 16.0. The van der Waals surface area contributed by atoms with Gasteiger partial charge in [0.25, 0.3) is 0 Å². The van der Waals surface area contributed by atoms with Gasteiger partial charge in [-0.1, -0.05) is 0 Å². The maximum absolute atomic E-state index is 12.6. The van der Waals surface area contributed by atoms with Gasteiger partial charge in [0.2, 0.25) is 0 Å². The monoisotopic (exact) mass is 440 g/mol. The van der Waals surface area contributed by atoms with Crippen molar-refractivity contribution in [1.29, 1.82) is 0 Å². The van der Waals surface area contributed by atoms with Crippen LogP contribution in [0.2, 0.25) is 5.32 Å². The first-order chi connectivity index (χ1) is 12.8. The van der Waals surface area contributed by atoms with E-state index in [9.17, 15) is 22.1 Å². The topological polar surface area (TPSA) is 17.1 Å². The Morgan fingerprint density at radius 2 is 1.00 bits per heavy atom. The summed E-state index contributed by atoms with van der Waals surface area (Å²) in [7, 11) is -6.00. The SMILES string of the molecule is F[B-](F)(F)F.O=C(C[Se+](c1ccccc1)c1ccccc1)c1ccccc1. The molecule has 0 amide bonds. The molecule has 27 heavy (non-hydrogen) atoms. The van der Waals surface area contributed by atoms with Crippen molar-refractivity contribution < 1.29 is 22.1 Å². The van der Waals surface area contributed by atoms with Gasteiger partial charge in [0.05, 0.1) is 0 Å². The van der Waals surface area contributed by atoms with Gasteiger partial charge in [-0.15, -0.1) is 0 Å².